The van der Waals surface area contributed by atoms with Crippen molar-refractivity contribution in [3.05, 3.63) is 48.5 Å². The average molecular weight is 332 g/mol. The summed E-state index contributed by atoms with van der Waals surface area (Å²) in [4.78, 5) is 38.8. The SMILES string of the molecule is C/C=C/C=C/C(=O)OCC(=O)N1CCN(C(=O)c2ccco2)CC1. The van der Waals surface area contributed by atoms with Crippen LogP contribution in [0.5, 0.6) is 0 Å². The van der Waals surface area contributed by atoms with Gasteiger partial charge in [-0.1, -0.05) is 18.2 Å². The van der Waals surface area contributed by atoms with E-state index in [1.807, 2.05) is 6.92 Å². The lowest BCUT2D eigenvalue weighted by Gasteiger charge is -2.34. The monoisotopic (exact) mass is 332 g/mol. The normalized spacial score (nSPS) is 15.2. The summed E-state index contributed by atoms with van der Waals surface area (Å²) in [5.41, 5.74) is 0. The van der Waals surface area contributed by atoms with Crippen molar-refractivity contribution in [2.75, 3.05) is 32.8 Å². The summed E-state index contributed by atoms with van der Waals surface area (Å²) in [6.45, 7) is 3.16. The highest BCUT2D eigenvalue weighted by Crippen LogP contribution is 2.09. The fourth-order valence-corrected chi connectivity index (χ4v) is 2.23. The molecule has 1 aromatic heterocycles. The smallest absolute Gasteiger partial charge is 0.331 e. The van der Waals surface area contributed by atoms with Crippen LogP contribution in [0.2, 0.25) is 0 Å². The third kappa shape index (κ3) is 4.84. The molecule has 7 nitrogen and oxygen atoms in total. The van der Waals surface area contributed by atoms with E-state index >= 15 is 0 Å². The van der Waals surface area contributed by atoms with E-state index in [1.165, 1.54) is 12.3 Å². The number of allylic oxidation sites excluding steroid dienone is 3. The molecule has 0 saturated carbocycles. The number of carbonyl (C=O) groups excluding carboxylic acids is 3. The fourth-order valence-electron chi connectivity index (χ4n) is 2.23. The summed E-state index contributed by atoms with van der Waals surface area (Å²) in [7, 11) is 0. The molecule has 7 heteroatoms. The van der Waals surface area contributed by atoms with E-state index < -0.39 is 5.97 Å². The van der Waals surface area contributed by atoms with Gasteiger partial charge < -0.3 is 19.0 Å². The zero-order valence-corrected chi connectivity index (χ0v) is 13.5. The van der Waals surface area contributed by atoms with Crippen LogP contribution in [0.25, 0.3) is 0 Å². The van der Waals surface area contributed by atoms with E-state index in [-0.39, 0.29) is 24.2 Å². The van der Waals surface area contributed by atoms with Gasteiger partial charge in [-0.15, -0.1) is 0 Å². The van der Waals surface area contributed by atoms with Crippen molar-refractivity contribution in [3.8, 4) is 0 Å². The van der Waals surface area contributed by atoms with Crippen molar-refractivity contribution in [1.29, 1.82) is 0 Å². The maximum atomic E-state index is 12.1. The van der Waals surface area contributed by atoms with Gasteiger partial charge in [0, 0.05) is 32.3 Å². The van der Waals surface area contributed by atoms with Crippen LogP contribution in [0.15, 0.2) is 47.1 Å². The fraction of sp³-hybridized carbons (Fsp3) is 0.353. The number of piperazine rings is 1. The van der Waals surface area contributed by atoms with Crippen molar-refractivity contribution in [1.82, 2.24) is 9.80 Å². The quantitative estimate of drug-likeness (QED) is 0.460. The van der Waals surface area contributed by atoms with E-state index in [1.54, 1.807) is 40.2 Å². The highest BCUT2D eigenvalue weighted by atomic mass is 16.5. The third-order valence-electron chi connectivity index (χ3n) is 3.53. The summed E-state index contributed by atoms with van der Waals surface area (Å²) in [5, 5.41) is 0. The van der Waals surface area contributed by atoms with Gasteiger partial charge in [-0.3, -0.25) is 9.59 Å². The summed E-state index contributed by atoms with van der Waals surface area (Å²) in [6, 6.07) is 3.27. The molecule has 0 radical (unpaired) electrons. The third-order valence-corrected chi connectivity index (χ3v) is 3.53. The number of furan rings is 1. The minimum Gasteiger partial charge on any atom is -0.459 e. The van der Waals surface area contributed by atoms with Crippen LogP contribution < -0.4 is 0 Å². The Bertz CT molecular complexity index is 625. The molecule has 2 rings (SSSR count). The molecule has 1 aliphatic rings. The van der Waals surface area contributed by atoms with Crippen LogP contribution in [0.3, 0.4) is 0 Å². The van der Waals surface area contributed by atoms with Gasteiger partial charge in [0.25, 0.3) is 11.8 Å². The molecule has 0 N–H and O–H groups in total. The second-order valence-corrected chi connectivity index (χ2v) is 5.14. The van der Waals surface area contributed by atoms with Crippen molar-refractivity contribution < 1.29 is 23.5 Å². The Labute approximate surface area is 140 Å². The Hall–Kier alpha value is -2.83. The molecule has 0 unspecified atom stereocenters. The second-order valence-electron chi connectivity index (χ2n) is 5.14. The molecule has 0 bridgehead atoms. The molecule has 2 amide bonds. The molecule has 0 aliphatic carbocycles. The van der Waals surface area contributed by atoms with Gasteiger partial charge in [0.2, 0.25) is 0 Å². The van der Waals surface area contributed by atoms with Crippen molar-refractivity contribution in [3.63, 3.8) is 0 Å². The second kappa shape index (κ2) is 8.71. The first-order chi connectivity index (χ1) is 11.6. The lowest BCUT2D eigenvalue weighted by Crippen LogP contribution is -2.51. The largest absolute Gasteiger partial charge is 0.459 e. The summed E-state index contributed by atoms with van der Waals surface area (Å²) < 4.78 is 9.98. The molecular weight excluding hydrogens is 312 g/mol. The van der Waals surface area contributed by atoms with Gasteiger partial charge in [0.1, 0.15) is 0 Å². The van der Waals surface area contributed by atoms with E-state index in [9.17, 15) is 14.4 Å². The lowest BCUT2D eigenvalue weighted by molar-refractivity contribution is -0.148. The summed E-state index contributed by atoms with van der Waals surface area (Å²) >= 11 is 0. The highest BCUT2D eigenvalue weighted by molar-refractivity contribution is 5.91. The van der Waals surface area contributed by atoms with Gasteiger partial charge in [-0.25, -0.2) is 4.79 Å². The molecule has 0 aromatic carbocycles. The van der Waals surface area contributed by atoms with E-state index in [2.05, 4.69) is 0 Å². The molecule has 1 aliphatic heterocycles. The molecule has 128 valence electrons. The van der Waals surface area contributed by atoms with E-state index in [0.29, 0.717) is 26.2 Å². The van der Waals surface area contributed by atoms with Crippen LogP contribution in [-0.2, 0) is 14.3 Å². The Balaban J connectivity index is 1.74. The van der Waals surface area contributed by atoms with Crippen LogP contribution in [0.1, 0.15) is 17.5 Å². The van der Waals surface area contributed by atoms with Crippen LogP contribution in [-0.4, -0.2) is 60.4 Å². The van der Waals surface area contributed by atoms with Crippen LogP contribution in [0, 0.1) is 0 Å². The Morgan fingerprint density at radius 3 is 2.50 bits per heavy atom. The molecule has 1 fully saturated rings. The van der Waals surface area contributed by atoms with Gasteiger partial charge in [0.05, 0.1) is 6.26 Å². The standard InChI is InChI=1S/C17H20N2O5/c1-2-3-4-7-16(21)24-13-15(20)18-8-10-19(11-9-18)17(22)14-6-5-12-23-14/h2-7,12H,8-11,13H2,1H3/b3-2+,7-4+. The number of esters is 1. The summed E-state index contributed by atoms with van der Waals surface area (Å²) in [6.07, 6.45) is 7.72. The lowest BCUT2D eigenvalue weighted by atomic mass is 10.3. The molecule has 0 atom stereocenters. The number of carbonyl (C=O) groups is 3. The van der Waals surface area contributed by atoms with Crippen LogP contribution >= 0.6 is 0 Å². The number of hydrogen-bond acceptors (Lipinski definition) is 5. The molecule has 2 heterocycles. The minimum atomic E-state index is -0.562. The molecule has 24 heavy (non-hydrogen) atoms. The zero-order chi connectivity index (χ0) is 17.4. The van der Waals surface area contributed by atoms with E-state index in [4.69, 9.17) is 9.15 Å². The number of hydrogen-bond donors (Lipinski definition) is 0. The molecule has 1 saturated heterocycles. The maximum absolute atomic E-state index is 12.1. The molecular formula is C17H20N2O5. The average Bonchev–Trinajstić information content (AvgIpc) is 3.14. The number of amides is 2. The zero-order valence-electron chi connectivity index (χ0n) is 13.5. The van der Waals surface area contributed by atoms with Crippen LogP contribution in [0.4, 0.5) is 0 Å². The highest BCUT2D eigenvalue weighted by Gasteiger charge is 2.26. The topological polar surface area (TPSA) is 80.1 Å². The van der Waals surface area contributed by atoms with Crippen molar-refractivity contribution in [2.45, 2.75) is 6.92 Å². The van der Waals surface area contributed by atoms with Gasteiger partial charge in [-0.2, -0.15) is 0 Å². The first-order valence-electron chi connectivity index (χ1n) is 7.68. The summed E-state index contributed by atoms with van der Waals surface area (Å²) in [5.74, 6) is -0.731. The maximum Gasteiger partial charge on any atom is 0.331 e. The first kappa shape index (κ1) is 17.5. The predicted octanol–water partition coefficient (Wildman–Crippen LogP) is 1.24. The first-order valence-corrected chi connectivity index (χ1v) is 7.68. The van der Waals surface area contributed by atoms with Gasteiger partial charge in [-0.05, 0) is 19.1 Å². The minimum absolute atomic E-state index is 0.187. The number of rotatable bonds is 5. The Morgan fingerprint density at radius 2 is 1.88 bits per heavy atom. The van der Waals surface area contributed by atoms with Crippen molar-refractivity contribution >= 4 is 17.8 Å². The van der Waals surface area contributed by atoms with Crippen molar-refractivity contribution in [2.24, 2.45) is 0 Å². The van der Waals surface area contributed by atoms with Gasteiger partial charge in [0.15, 0.2) is 12.4 Å². The number of ether oxygens (including phenoxy) is 1. The van der Waals surface area contributed by atoms with Gasteiger partial charge >= 0.3 is 5.97 Å². The van der Waals surface area contributed by atoms with E-state index in [0.717, 1.165) is 0 Å². The predicted molar refractivity (Wildman–Crippen MR) is 86.1 cm³/mol. The Morgan fingerprint density at radius 1 is 1.17 bits per heavy atom. The number of nitrogens with zero attached hydrogens (tertiary/aromatic N) is 2. The Kier molecular flexibility index (Phi) is 6.36. The molecule has 1 aromatic rings. The molecule has 0 spiro atoms.